The highest BCUT2D eigenvalue weighted by molar-refractivity contribution is 5.99. The molecule has 108 valence electrons. The van der Waals surface area contributed by atoms with Gasteiger partial charge in [-0.15, -0.1) is 0 Å². The van der Waals surface area contributed by atoms with Crippen molar-refractivity contribution in [2.24, 2.45) is 0 Å². The molecule has 3 rings (SSSR count). The van der Waals surface area contributed by atoms with Crippen LogP contribution in [-0.4, -0.2) is 34.5 Å². The van der Waals surface area contributed by atoms with Crippen LogP contribution in [0, 0.1) is 0 Å². The van der Waals surface area contributed by atoms with E-state index in [9.17, 15) is 9.59 Å². The van der Waals surface area contributed by atoms with Crippen molar-refractivity contribution in [2.45, 2.75) is 18.9 Å². The third-order valence-electron chi connectivity index (χ3n) is 3.29. The monoisotopic (exact) mass is 285 g/mol. The van der Waals surface area contributed by atoms with Gasteiger partial charge in [-0.05, 0) is 25.0 Å². The van der Waals surface area contributed by atoms with Crippen molar-refractivity contribution in [3.63, 3.8) is 0 Å². The van der Waals surface area contributed by atoms with E-state index in [-0.39, 0.29) is 24.4 Å². The van der Waals surface area contributed by atoms with E-state index in [2.05, 4.69) is 15.0 Å². The van der Waals surface area contributed by atoms with Crippen LogP contribution in [0.25, 0.3) is 0 Å². The lowest BCUT2D eigenvalue weighted by atomic mass is 10.2. The Balaban J connectivity index is 1.67. The van der Waals surface area contributed by atoms with Gasteiger partial charge in [0.15, 0.2) is 5.82 Å². The predicted molar refractivity (Wildman–Crippen MR) is 75.6 cm³/mol. The summed E-state index contributed by atoms with van der Waals surface area (Å²) in [6, 6.07) is 10.7. The molecule has 0 atom stereocenters. The fourth-order valence-electron chi connectivity index (χ4n) is 2.11. The maximum Gasteiger partial charge on any atom is 0.254 e. The van der Waals surface area contributed by atoms with Crippen molar-refractivity contribution in [3.05, 3.63) is 48.2 Å². The van der Waals surface area contributed by atoms with Crippen LogP contribution >= 0.6 is 0 Å². The van der Waals surface area contributed by atoms with E-state index in [1.54, 1.807) is 23.1 Å². The molecule has 1 aromatic carbocycles. The Morgan fingerprint density at radius 2 is 2.00 bits per heavy atom. The molecule has 1 heterocycles. The van der Waals surface area contributed by atoms with Gasteiger partial charge in [-0.25, -0.2) is 0 Å². The van der Waals surface area contributed by atoms with Gasteiger partial charge in [0.2, 0.25) is 5.91 Å². The number of hydrogen-bond donors (Lipinski definition) is 1. The van der Waals surface area contributed by atoms with Crippen LogP contribution < -0.4 is 5.32 Å². The van der Waals surface area contributed by atoms with Crippen LogP contribution in [0.1, 0.15) is 23.2 Å². The molecule has 0 bridgehead atoms. The summed E-state index contributed by atoms with van der Waals surface area (Å²) in [5, 5.41) is 6.22. The van der Waals surface area contributed by atoms with E-state index in [0.717, 1.165) is 12.8 Å². The summed E-state index contributed by atoms with van der Waals surface area (Å²) in [5.74, 6) is -0.0450. The lowest BCUT2D eigenvalue weighted by Gasteiger charge is -2.21. The highest BCUT2D eigenvalue weighted by Crippen LogP contribution is 2.28. The lowest BCUT2D eigenvalue weighted by molar-refractivity contribution is -0.117. The van der Waals surface area contributed by atoms with Crippen LogP contribution in [0.5, 0.6) is 0 Å². The molecule has 1 saturated carbocycles. The second kappa shape index (κ2) is 5.78. The molecular formula is C15H15N3O3. The summed E-state index contributed by atoms with van der Waals surface area (Å²) in [6.45, 7) is 0.0191. The van der Waals surface area contributed by atoms with Crippen molar-refractivity contribution >= 4 is 17.6 Å². The molecule has 6 heteroatoms. The highest BCUT2D eigenvalue weighted by atomic mass is 16.5. The largest absolute Gasteiger partial charge is 0.363 e. The molecular weight excluding hydrogens is 270 g/mol. The molecule has 2 amide bonds. The number of nitrogens with one attached hydrogen (secondary N) is 1. The van der Waals surface area contributed by atoms with Gasteiger partial charge in [0, 0.05) is 17.7 Å². The Morgan fingerprint density at radius 1 is 1.24 bits per heavy atom. The number of nitrogens with zero attached hydrogens (tertiary/aromatic N) is 2. The van der Waals surface area contributed by atoms with E-state index in [4.69, 9.17) is 0 Å². The summed E-state index contributed by atoms with van der Waals surface area (Å²) in [4.78, 5) is 26.1. The Hall–Kier alpha value is -2.63. The summed E-state index contributed by atoms with van der Waals surface area (Å²) >= 11 is 0. The van der Waals surface area contributed by atoms with Crippen LogP contribution in [0.3, 0.4) is 0 Å². The predicted octanol–water partition coefficient (Wildman–Crippen LogP) is 1.92. The number of hydrogen-bond acceptors (Lipinski definition) is 4. The Labute approximate surface area is 121 Å². The SMILES string of the molecule is O=C(CN(C(=O)c1ccccc1)C1CC1)Nc1ccon1. The molecule has 1 fully saturated rings. The molecule has 6 nitrogen and oxygen atoms in total. The van der Waals surface area contributed by atoms with Crippen molar-refractivity contribution in [3.8, 4) is 0 Å². The zero-order valence-electron chi connectivity index (χ0n) is 11.4. The van der Waals surface area contributed by atoms with Gasteiger partial charge in [-0.3, -0.25) is 9.59 Å². The van der Waals surface area contributed by atoms with E-state index < -0.39 is 0 Å². The molecule has 0 aliphatic heterocycles. The van der Waals surface area contributed by atoms with Crippen molar-refractivity contribution < 1.29 is 14.1 Å². The summed E-state index contributed by atoms with van der Waals surface area (Å²) in [6.07, 6.45) is 3.26. The standard InChI is InChI=1S/C15H15N3O3/c19-14(16-13-8-9-21-17-13)10-18(12-6-7-12)15(20)11-4-2-1-3-5-11/h1-5,8-9,12H,6-7,10H2,(H,16,17,19). The Kier molecular flexibility index (Phi) is 3.68. The minimum atomic E-state index is -0.278. The molecule has 0 saturated heterocycles. The molecule has 0 radical (unpaired) electrons. The maximum atomic E-state index is 12.5. The zero-order chi connectivity index (χ0) is 14.7. The first-order valence-electron chi connectivity index (χ1n) is 6.80. The van der Waals surface area contributed by atoms with Gasteiger partial charge in [-0.2, -0.15) is 0 Å². The second-order valence-corrected chi connectivity index (χ2v) is 4.96. The Morgan fingerprint density at radius 3 is 2.62 bits per heavy atom. The minimum Gasteiger partial charge on any atom is -0.363 e. The first-order valence-corrected chi connectivity index (χ1v) is 6.80. The number of amides is 2. The number of carbonyl (C=O) groups excluding carboxylic acids is 2. The number of rotatable bonds is 5. The van der Waals surface area contributed by atoms with E-state index in [0.29, 0.717) is 11.4 Å². The van der Waals surface area contributed by atoms with E-state index in [1.165, 1.54) is 6.26 Å². The quantitative estimate of drug-likeness (QED) is 0.910. The smallest absolute Gasteiger partial charge is 0.254 e. The van der Waals surface area contributed by atoms with Gasteiger partial charge in [0.1, 0.15) is 12.8 Å². The van der Waals surface area contributed by atoms with Crippen LogP contribution in [-0.2, 0) is 4.79 Å². The third-order valence-corrected chi connectivity index (χ3v) is 3.29. The first-order chi connectivity index (χ1) is 10.2. The number of carbonyl (C=O) groups is 2. The molecule has 2 aromatic rings. The fraction of sp³-hybridized carbons (Fsp3) is 0.267. The van der Waals surface area contributed by atoms with Crippen LogP contribution in [0.4, 0.5) is 5.82 Å². The normalized spacial score (nSPS) is 13.7. The molecule has 0 spiro atoms. The summed E-state index contributed by atoms with van der Waals surface area (Å²) in [5.41, 5.74) is 0.596. The van der Waals surface area contributed by atoms with Gasteiger partial charge < -0.3 is 14.7 Å². The number of anilines is 1. The molecule has 0 unspecified atom stereocenters. The fourth-order valence-corrected chi connectivity index (χ4v) is 2.11. The van der Waals surface area contributed by atoms with Crippen molar-refractivity contribution in [2.75, 3.05) is 11.9 Å². The summed E-state index contributed by atoms with van der Waals surface area (Å²) in [7, 11) is 0. The zero-order valence-corrected chi connectivity index (χ0v) is 11.4. The van der Waals surface area contributed by atoms with Crippen molar-refractivity contribution in [1.29, 1.82) is 0 Å². The molecule has 1 aromatic heterocycles. The third kappa shape index (κ3) is 3.28. The van der Waals surface area contributed by atoms with Gasteiger partial charge in [-0.1, -0.05) is 23.4 Å². The number of benzene rings is 1. The van der Waals surface area contributed by atoms with Gasteiger partial charge in [0.05, 0.1) is 0 Å². The minimum absolute atomic E-state index is 0.0191. The van der Waals surface area contributed by atoms with Gasteiger partial charge >= 0.3 is 0 Å². The molecule has 21 heavy (non-hydrogen) atoms. The Bertz CT molecular complexity index is 621. The average molecular weight is 285 g/mol. The topological polar surface area (TPSA) is 75.4 Å². The van der Waals surface area contributed by atoms with Crippen LogP contribution in [0.2, 0.25) is 0 Å². The highest BCUT2D eigenvalue weighted by Gasteiger charge is 2.34. The second-order valence-electron chi connectivity index (χ2n) is 4.96. The lowest BCUT2D eigenvalue weighted by Crippen LogP contribution is -2.39. The van der Waals surface area contributed by atoms with Gasteiger partial charge in [0.25, 0.3) is 5.91 Å². The van der Waals surface area contributed by atoms with Crippen LogP contribution in [0.15, 0.2) is 47.2 Å². The molecule has 1 N–H and O–H groups in total. The molecule has 1 aliphatic rings. The van der Waals surface area contributed by atoms with E-state index in [1.807, 2.05) is 18.2 Å². The summed E-state index contributed by atoms with van der Waals surface area (Å²) < 4.78 is 4.65. The maximum absolute atomic E-state index is 12.5. The first kappa shape index (κ1) is 13.4. The van der Waals surface area contributed by atoms with Crippen molar-refractivity contribution in [1.82, 2.24) is 10.1 Å². The van der Waals surface area contributed by atoms with E-state index >= 15 is 0 Å². The molecule has 1 aliphatic carbocycles. The average Bonchev–Trinajstić information content (AvgIpc) is 3.23. The number of aromatic nitrogens is 1.